The molecule has 1 aromatic carbocycles. The van der Waals surface area contributed by atoms with Crippen molar-refractivity contribution in [3.63, 3.8) is 0 Å². The van der Waals surface area contributed by atoms with E-state index < -0.39 is 5.54 Å². The van der Waals surface area contributed by atoms with E-state index in [9.17, 15) is 4.79 Å². The molecule has 0 bridgehead atoms. The average molecular weight is 260 g/mol. The van der Waals surface area contributed by atoms with Crippen molar-refractivity contribution in [2.24, 2.45) is 5.73 Å². The van der Waals surface area contributed by atoms with Crippen LogP contribution >= 0.6 is 0 Å². The van der Waals surface area contributed by atoms with Gasteiger partial charge in [0, 0.05) is 18.0 Å². The summed E-state index contributed by atoms with van der Waals surface area (Å²) < 4.78 is 5.65. The van der Waals surface area contributed by atoms with E-state index in [0.29, 0.717) is 19.1 Å². The molecule has 19 heavy (non-hydrogen) atoms. The summed E-state index contributed by atoms with van der Waals surface area (Å²) in [4.78, 5) is 12.1. The van der Waals surface area contributed by atoms with Gasteiger partial charge in [-0.15, -0.1) is 0 Å². The molecule has 1 atom stereocenters. The molecule has 1 aromatic rings. The number of nitrogens with two attached hydrogens (primary N) is 1. The van der Waals surface area contributed by atoms with Crippen molar-refractivity contribution in [2.75, 3.05) is 6.61 Å². The highest BCUT2D eigenvalue weighted by Crippen LogP contribution is 2.38. The summed E-state index contributed by atoms with van der Waals surface area (Å²) in [6.45, 7) is 0.527. The maximum Gasteiger partial charge on any atom is 0.242 e. The van der Waals surface area contributed by atoms with E-state index in [4.69, 9.17) is 10.5 Å². The van der Waals surface area contributed by atoms with Crippen LogP contribution in [0.5, 0.6) is 5.75 Å². The zero-order valence-electron chi connectivity index (χ0n) is 11.0. The molecule has 1 unspecified atom stereocenters. The zero-order valence-corrected chi connectivity index (χ0v) is 11.0. The van der Waals surface area contributed by atoms with Gasteiger partial charge in [0.1, 0.15) is 11.3 Å². The largest absolute Gasteiger partial charge is 0.493 e. The van der Waals surface area contributed by atoms with E-state index in [0.717, 1.165) is 24.2 Å². The Morgan fingerprint density at radius 1 is 1.32 bits per heavy atom. The van der Waals surface area contributed by atoms with Crippen molar-refractivity contribution >= 4 is 5.91 Å². The molecule has 1 saturated carbocycles. The molecule has 1 fully saturated rings. The molecule has 4 heteroatoms. The second-order valence-electron chi connectivity index (χ2n) is 5.49. The summed E-state index contributed by atoms with van der Waals surface area (Å²) >= 11 is 0. The van der Waals surface area contributed by atoms with Crippen molar-refractivity contribution in [1.82, 2.24) is 5.32 Å². The zero-order chi connectivity index (χ0) is 13.3. The van der Waals surface area contributed by atoms with Crippen molar-refractivity contribution in [3.05, 3.63) is 29.8 Å². The molecule has 102 valence electrons. The Labute approximate surface area is 113 Å². The van der Waals surface area contributed by atoms with Crippen molar-refractivity contribution < 1.29 is 9.53 Å². The SMILES string of the molecule is NC(=O)C1(NC2CCCC2)CCOc2ccccc21. The van der Waals surface area contributed by atoms with E-state index in [2.05, 4.69) is 5.32 Å². The Kier molecular flexibility index (Phi) is 3.19. The van der Waals surface area contributed by atoms with Gasteiger partial charge in [0.25, 0.3) is 0 Å². The van der Waals surface area contributed by atoms with Gasteiger partial charge in [0.2, 0.25) is 5.91 Å². The quantitative estimate of drug-likeness (QED) is 0.869. The Bertz CT molecular complexity index is 483. The van der Waals surface area contributed by atoms with Gasteiger partial charge in [-0.3, -0.25) is 10.1 Å². The van der Waals surface area contributed by atoms with Gasteiger partial charge in [0.05, 0.1) is 6.61 Å². The van der Waals surface area contributed by atoms with Crippen LogP contribution in [0.4, 0.5) is 0 Å². The summed E-state index contributed by atoms with van der Waals surface area (Å²) in [7, 11) is 0. The highest BCUT2D eigenvalue weighted by Gasteiger charge is 2.44. The first-order chi connectivity index (χ1) is 9.22. The third kappa shape index (κ3) is 2.10. The third-order valence-electron chi connectivity index (χ3n) is 4.31. The van der Waals surface area contributed by atoms with E-state index in [1.54, 1.807) is 0 Å². The highest BCUT2D eigenvalue weighted by molar-refractivity contribution is 5.87. The fourth-order valence-electron chi connectivity index (χ4n) is 3.29. The van der Waals surface area contributed by atoms with E-state index >= 15 is 0 Å². The van der Waals surface area contributed by atoms with Gasteiger partial charge in [-0.1, -0.05) is 31.0 Å². The fourth-order valence-corrected chi connectivity index (χ4v) is 3.29. The minimum Gasteiger partial charge on any atom is -0.493 e. The highest BCUT2D eigenvalue weighted by atomic mass is 16.5. The Balaban J connectivity index is 1.99. The van der Waals surface area contributed by atoms with Crippen LogP contribution in [0.25, 0.3) is 0 Å². The molecule has 0 saturated heterocycles. The first-order valence-electron chi connectivity index (χ1n) is 7.02. The number of carbonyl (C=O) groups excluding carboxylic acids is 1. The van der Waals surface area contributed by atoms with Crippen LogP contribution in [0.15, 0.2) is 24.3 Å². The van der Waals surface area contributed by atoms with Gasteiger partial charge in [-0.25, -0.2) is 0 Å². The number of nitrogens with one attached hydrogen (secondary N) is 1. The van der Waals surface area contributed by atoms with Crippen LogP contribution in [0.2, 0.25) is 0 Å². The molecule has 3 rings (SSSR count). The standard InChI is InChI=1S/C15H20N2O2/c16-14(18)15(17-11-5-1-2-6-11)9-10-19-13-8-4-3-7-12(13)15/h3-4,7-8,11,17H,1-2,5-6,9-10H2,(H2,16,18). The maximum absolute atomic E-state index is 12.1. The molecular weight excluding hydrogens is 240 g/mol. The van der Waals surface area contributed by atoms with Crippen LogP contribution in [0.3, 0.4) is 0 Å². The Morgan fingerprint density at radius 2 is 2.05 bits per heavy atom. The molecule has 4 nitrogen and oxygen atoms in total. The molecule has 0 radical (unpaired) electrons. The van der Waals surface area contributed by atoms with E-state index in [1.807, 2.05) is 24.3 Å². The molecule has 1 aliphatic carbocycles. The summed E-state index contributed by atoms with van der Waals surface area (Å²) in [5.41, 5.74) is 5.87. The molecule has 1 amide bonds. The lowest BCUT2D eigenvalue weighted by Crippen LogP contribution is -2.57. The number of primary amides is 1. The number of carbonyl (C=O) groups is 1. The predicted molar refractivity (Wildman–Crippen MR) is 72.8 cm³/mol. The lowest BCUT2D eigenvalue weighted by atomic mass is 9.83. The van der Waals surface area contributed by atoms with Crippen LogP contribution in [0, 0.1) is 0 Å². The molecule has 0 spiro atoms. The number of amides is 1. The fraction of sp³-hybridized carbons (Fsp3) is 0.533. The normalized spacial score (nSPS) is 26.7. The summed E-state index contributed by atoms with van der Waals surface area (Å²) in [5.74, 6) is 0.480. The maximum atomic E-state index is 12.1. The molecule has 1 aliphatic heterocycles. The summed E-state index contributed by atoms with van der Waals surface area (Å²) in [6, 6.07) is 8.09. The summed E-state index contributed by atoms with van der Waals surface area (Å²) in [6.07, 6.45) is 5.31. The van der Waals surface area contributed by atoms with Crippen molar-refractivity contribution in [1.29, 1.82) is 0 Å². The van der Waals surface area contributed by atoms with Crippen molar-refractivity contribution in [2.45, 2.75) is 43.7 Å². The second-order valence-corrected chi connectivity index (χ2v) is 5.49. The second kappa shape index (κ2) is 4.85. The van der Waals surface area contributed by atoms with Gasteiger partial charge in [-0.05, 0) is 18.9 Å². The van der Waals surface area contributed by atoms with Crippen molar-refractivity contribution in [3.8, 4) is 5.75 Å². The third-order valence-corrected chi connectivity index (χ3v) is 4.31. The van der Waals surface area contributed by atoms with E-state index in [1.165, 1.54) is 12.8 Å². The number of benzene rings is 1. The van der Waals surface area contributed by atoms with Gasteiger partial charge in [0.15, 0.2) is 0 Å². The van der Waals surface area contributed by atoms with Crippen LogP contribution in [-0.4, -0.2) is 18.6 Å². The van der Waals surface area contributed by atoms with Crippen LogP contribution < -0.4 is 15.8 Å². The van der Waals surface area contributed by atoms with Crippen LogP contribution in [0.1, 0.15) is 37.7 Å². The number of para-hydroxylation sites is 1. The first kappa shape index (κ1) is 12.5. The number of hydrogen-bond acceptors (Lipinski definition) is 3. The lowest BCUT2D eigenvalue weighted by Gasteiger charge is -2.39. The minimum absolute atomic E-state index is 0.296. The Morgan fingerprint density at radius 3 is 2.79 bits per heavy atom. The van der Waals surface area contributed by atoms with Gasteiger partial charge < -0.3 is 10.5 Å². The van der Waals surface area contributed by atoms with E-state index in [-0.39, 0.29) is 5.91 Å². The molecular formula is C15H20N2O2. The first-order valence-corrected chi connectivity index (χ1v) is 7.02. The monoisotopic (exact) mass is 260 g/mol. The predicted octanol–water partition coefficient (Wildman–Crippen LogP) is 1.68. The number of hydrogen-bond donors (Lipinski definition) is 2. The minimum atomic E-state index is -0.760. The molecule has 0 aromatic heterocycles. The smallest absolute Gasteiger partial charge is 0.242 e. The van der Waals surface area contributed by atoms with Crippen LogP contribution in [-0.2, 0) is 10.3 Å². The molecule has 2 aliphatic rings. The average Bonchev–Trinajstić information content (AvgIpc) is 2.91. The molecule has 3 N–H and O–H groups in total. The summed E-state index contributed by atoms with van der Waals surface area (Å²) in [5, 5.41) is 3.53. The number of fused-ring (bicyclic) bond motifs is 1. The van der Waals surface area contributed by atoms with Gasteiger partial charge in [-0.2, -0.15) is 0 Å². The van der Waals surface area contributed by atoms with Gasteiger partial charge >= 0.3 is 0 Å². The Hall–Kier alpha value is -1.55. The topological polar surface area (TPSA) is 64.4 Å². The molecule has 1 heterocycles. The number of rotatable bonds is 3. The number of ether oxygens (including phenoxy) is 1. The lowest BCUT2D eigenvalue weighted by molar-refractivity contribution is -0.126.